The molecular weight excluding hydrogens is 625 g/mol. The highest BCUT2D eigenvalue weighted by Crippen LogP contribution is 2.43. The van der Waals surface area contributed by atoms with Gasteiger partial charge >= 0.3 is 0 Å². The van der Waals surface area contributed by atoms with Crippen LogP contribution in [0.5, 0.6) is 0 Å². The fraction of sp³-hybridized carbons (Fsp3) is 0.269. The molecule has 0 nitrogen and oxygen atoms in total. The third kappa shape index (κ3) is 11.5. The summed E-state index contributed by atoms with van der Waals surface area (Å²) in [5.74, 6) is 0. The average Bonchev–Trinajstić information content (AvgIpc) is 3.63. The van der Waals surface area contributed by atoms with Crippen LogP contribution < -0.4 is 0 Å². The van der Waals surface area contributed by atoms with Crippen LogP contribution in [-0.4, -0.2) is 0 Å². The van der Waals surface area contributed by atoms with Crippen LogP contribution in [0.4, 0.5) is 0 Å². The molecule has 0 saturated carbocycles. The van der Waals surface area contributed by atoms with Crippen LogP contribution >= 0.6 is 0 Å². The van der Waals surface area contributed by atoms with Gasteiger partial charge in [0.1, 0.15) is 0 Å². The van der Waals surface area contributed by atoms with Crippen molar-refractivity contribution in [1.29, 1.82) is 0 Å². The molecule has 0 unspecified atom stereocenters. The largest absolute Gasteiger partial charge is 0.0683 e. The Bertz CT molecular complexity index is 1730. The second-order valence-corrected chi connectivity index (χ2v) is 10.8. The van der Waals surface area contributed by atoms with E-state index >= 15 is 0 Å². The molecule has 0 radical (unpaired) electrons. The number of rotatable bonds is 2. The molecule has 1 aliphatic rings. The van der Waals surface area contributed by atoms with Gasteiger partial charge in [-0.3, -0.25) is 0 Å². The van der Waals surface area contributed by atoms with E-state index in [0.717, 1.165) is 6.42 Å². The van der Waals surface area contributed by atoms with E-state index in [1.807, 2.05) is 69.2 Å². The van der Waals surface area contributed by atoms with Gasteiger partial charge in [0.25, 0.3) is 0 Å². The van der Waals surface area contributed by atoms with Gasteiger partial charge in [0.2, 0.25) is 0 Å². The number of hydrogen-bond donors (Lipinski definition) is 0. The zero-order valence-electron chi connectivity index (χ0n) is 34.4. The summed E-state index contributed by atoms with van der Waals surface area (Å²) in [6, 6.07) is 56.3. The van der Waals surface area contributed by atoms with E-state index in [2.05, 4.69) is 172 Å². The van der Waals surface area contributed by atoms with Crippen molar-refractivity contribution in [2.75, 3.05) is 0 Å². The summed E-state index contributed by atoms with van der Waals surface area (Å²) in [4.78, 5) is 0. The smallest absolute Gasteiger partial charge is 0.00135 e. The van der Waals surface area contributed by atoms with Gasteiger partial charge in [-0.1, -0.05) is 247 Å². The Morgan fingerprint density at radius 3 is 0.827 bits per heavy atom. The third-order valence-electron chi connectivity index (χ3n) is 7.76. The summed E-state index contributed by atoms with van der Waals surface area (Å²) in [5.41, 5.74) is 10.9. The standard InChI is InChI=1S/C26H18.C13H10.C3H8.5C2H6/c1-3-11-19(12-4-1)25-21-15-7-9-17-23(21)26(20-13-5-2-6-14-20)24-18-10-8-16-22(24)25;1-3-7-12-10(5-1)9-11-6-2-4-8-13(11)12;1-3-2;5*1-2/h1-18H;1-8H,9H2;3H2,1-2H3;5*1-2H3. The first kappa shape index (κ1) is 45.1. The summed E-state index contributed by atoms with van der Waals surface area (Å²) in [6.45, 7) is 24.2. The van der Waals surface area contributed by atoms with E-state index in [9.17, 15) is 0 Å². The molecule has 0 spiro atoms. The molecule has 0 N–H and O–H groups in total. The lowest BCUT2D eigenvalue weighted by Crippen LogP contribution is -1.90. The van der Waals surface area contributed by atoms with E-state index in [4.69, 9.17) is 0 Å². The number of hydrogen-bond acceptors (Lipinski definition) is 0. The maximum atomic E-state index is 2.25. The fourth-order valence-corrected chi connectivity index (χ4v) is 6.04. The molecule has 0 aliphatic heterocycles. The predicted molar refractivity (Wildman–Crippen MR) is 240 cm³/mol. The first-order valence-electron chi connectivity index (χ1n) is 20.0. The van der Waals surface area contributed by atoms with Crippen molar-refractivity contribution in [1.82, 2.24) is 0 Å². The van der Waals surface area contributed by atoms with Gasteiger partial charge in [-0.2, -0.15) is 0 Å². The molecule has 7 aromatic rings. The molecule has 7 aromatic carbocycles. The molecule has 0 saturated heterocycles. The first-order valence-corrected chi connectivity index (χ1v) is 20.0. The van der Waals surface area contributed by atoms with Gasteiger partial charge in [0.15, 0.2) is 0 Å². The molecule has 0 bridgehead atoms. The highest BCUT2D eigenvalue weighted by Gasteiger charge is 2.17. The predicted octanol–water partition coefficient (Wildman–Crippen LogP) is 17.1. The SMILES string of the molecule is CC.CC.CC.CC.CC.CCC.c1ccc(-c2c3ccccc3c(-c3ccccc3)c3ccccc23)cc1.c1ccc2c(c1)Cc1ccccc1-2. The van der Waals surface area contributed by atoms with E-state index < -0.39 is 0 Å². The van der Waals surface area contributed by atoms with Crippen molar-refractivity contribution in [3.05, 3.63) is 169 Å². The van der Waals surface area contributed by atoms with Gasteiger partial charge in [-0.15, -0.1) is 0 Å². The Balaban J connectivity index is 0.000000437. The highest BCUT2D eigenvalue weighted by atomic mass is 14.2. The van der Waals surface area contributed by atoms with Crippen molar-refractivity contribution in [3.63, 3.8) is 0 Å². The molecule has 0 atom stereocenters. The van der Waals surface area contributed by atoms with Crippen LogP contribution in [0, 0.1) is 0 Å². The Morgan fingerprint density at radius 1 is 0.308 bits per heavy atom. The molecule has 0 amide bonds. The lowest BCUT2D eigenvalue weighted by Gasteiger charge is -2.17. The molecule has 1 aliphatic carbocycles. The molecule has 52 heavy (non-hydrogen) atoms. The maximum absolute atomic E-state index is 2.25. The first-order chi connectivity index (χ1) is 25.8. The minimum atomic E-state index is 1.10. The Hall–Kier alpha value is -4.94. The van der Waals surface area contributed by atoms with Crippen LogP contribution in [0.1, 0.15) is 101 Å². The summed E-state index contributed by atoms with van der Waals surface area (Å²) in [7, 11) is 0. The van der Waals surface area contributed by atoms with E-state index in [0.29, 0.717) is 0 Å². The summed E-state index contributed by atoms with van der Waals surface area (Å²) >= 11 is 0. The average molecular weight is 691 g/mol. The molecule has 0 heteroatoms. The monoisotopic (exact) mass is 691 g/mol. The molecule has 8 rings (SSSR count). The Labute approximate surface area is 318 Å². The highest BCUT2D eigenvalue weighted by molar-refractivity contribution is 6.21. The van der Waals surface area contributed by atoms with E-state index in [1.165, 1.54) is 72.5 Å². The van der Waals surface area contributed by atoms with Crippen LogP contribution in [0.2, 0.25) is 0 Å². The molecule has 0 aromatic heterocycles. The maximum Gasteiger partial charge on any atom is -0.00135 e. The third-order valence-corrected chi connectivity index (χ3v) is 7.76. The fourth-order valence-electron chi connectivity index (χ4n) is 6.04. The van der Waals surface area contributed by atoms with Crippen molar-refractivity contribution < 1.29 is 0 Å². The molecular formula is C52H66. The second-order valence-electron chi connectivity index (χ2n) is 10.8. The van der Waals surface area contributed by atoms with Crippen LogP contribution in [-0.2, 0) is 6.42 Å². The zero-order valence-corrected chi connectivity index (χ0v) is 34.4. The minimum absolute atomic E-state index is 1.10. The van der Waals surface area contributed by atoms with Crippen molar-refractivity contribution >= 4 is 21.5 Å². The van der Waals surface area contributed by atoms with Gasteiger partial charge in [0.05, 0.1) is 0 Å². The summed E-state index contributed by atoms with van der Waals surface area (Å²) in [5, 5.41) is 5.21. The zero-order chi connectivity index (χ0) is 38.7. The number of benzene rings is 7. The molecule has 274 valence electrons. The lowest BCUT2D eigenvalue weighted by molar-refractivity contribution is 1.09. The van der Waals surface area contributed by atoms with Crippen LogP contribution in [0.15, 0.2) is 158 Å². The quantitative estimate of drug-likeness (QED) is 0.158. The van der Waals surface area contributed by atoms with Crippen LogP contribution in [0.25, 0.3) is 54.9 Å². The lowest BCUT2D eigenvalue weighted by atomic mass is 9.86. The molecule has 0 heterocycles. The van der Waals surface area contributed by atoms with Gasteiger partial charge < -0.3 is 0 Å². The van der Waals surface area contributed by atoms with Crippen molar-refractivity contribution in [2.24, 2.45) is 0 Å². The second kappa shape index (κ2) is 26.8. The van der Waals surface area contributed by atoms with E-state index in [-0.39, 0.29) is 0 Å². The molecule has 0 fully saturated rings. The summed E-state index contributed by atoms with van der Waals surface area (Å²) in [6.07, 6.45) is 2.35. The minimum Gasteiger partial charge on any atom is -0.0683 e. The van der Waals surface area contributed by atoms with Crippen molar-refractivity contribution in [3.8, 4) is 33.4 Å². The topological polar surface area (TPSA) is 0 Å². The van der Waals surface area contributed by atoms with E-state index in [1.54, 1.807) is 0 Å². The van der Waals surface area contributed by atoms with Gasteiger partial charge in [0, 0.05) is 0 Å². The van der Waals surface area contributed by atoms with Gasteiger partial charge in [-0.05, 0) is 72.5 Å². The Kier molecular flexibility index (Phi) is 23.2. The normalized spacial score (nSPS) is 9.54. The number of fused-ring (bicyclic) bond motifs is 5. The van der Waals surface area contributed by atoms with Crippen LogP contribution in [0.3, 0.4) is 0 Å². The Morgan fingerprint density at radius 2 is 0.538 bits per heavy atom. The van der Waals surface area contributed by atoms with Crippen molar-refractivity contribution in [2.45, 2.75) is 95.9 Å². The van der Waals surface area contributed by atoms with Gasteiger partial charge in [-0.25, -0.2) is 0 Å². The summed E-state index contributed by atoms with van der Waals surface area (Å²) < 4.78 is 0.